The number of aliphatic hydroxyl groups excluding tert-OH is 1. The van der Waals surface area contributed by atoms with Crippen molar-refractivity contribution < 1.29 is 24.1 Å². The minimum Gasteiger partial charge on any atom is -0.457 e. The first kappa shape index (κ1) is 19.0. The van der Waals surface area contributed by atoms with Gasteiger partial charge in [0.1, 0.15) is 6.61 Å². The fourth-order valence-electron chi connectivity index (χ4n) is 3.86. The van der Waals surface area contributed by atoms with Crippen LogP contribution in [0.5, 0.6) is 0 Å². The predicted molar refractivity (Wildman–Crippen MR) is 91.0 cm³/mol. The molecule has 2 rings (SSSR count). The van der Waals surface area contributed by atoms with Gasteiger partial charge in [-0.25, -0.2) is 4.79 Å². The molecule has 2 aliphatic rings. The number of carbonyl (C=O) groups is 1. The Labute approximate surface area is 144 Å². The Kier molecular flexibility index (Phi) is 7.79. The summed E-state index contributed by atoms with van der Waals surface area (Å²) in [6.07, 6.45) is 9.38. The fraction of sp³-hybridized carbons (Fsp3) is 0.737. The molecule has 0 saturated heterocycles. The Balaban J connectivity index is 2.21. The quantitative estimate of drug-likeness (QED) is 0.517. The van der Waals surface area contributed by atoms with Crippen molar-refractivity contribution in [3.63, 3.8) is 0 Å². The zero-order chi connectivity index (χ0) is 17.4. The highest BCUT2D eigenvalue weighted by atomic mass is 16.7. The summed E-state index contributed by atoms with van der Waals surface area (Å²) in [4.78, 5) is 12.2. The third-order valence-corrected chi connectivity index (χ3v) is 4.94. The number of allylic oxidation sites excluding steroid dienone is 1. The second-order valence-electron chi connectivity index (χ2n) is 6.51. The molecule has 5 nitrogen and oxygen atoms in total. The van der Waals surface area contributed by atoms with Crippen LogP contribution in [-0.2, 0) is 19.0 Å². The van der Waals surface area contributed by atoms with Crippen LogP contribution in [0.2, 0.25) is 0 Å². The molecular formula is C19H30O5. The number of ether oxygens (including phenoxy) is 3. The largest absolute Gasteiger partial charge is 0.457 e. The maximum atomic E-state index is 12.2. The van der Waals surface area contributed by atoms with Crippen molar-refractivity contribution in [3.05, 3.63) is 24.5 Å². The Hall–Kier alpha value is -1.33. The van der Waals surface area contributed by atoms with Crippen LogP contribution in [0.1, 0.15) is 45.4 Å². The first-order chi connectivity index (χ1) is 11.7. The van der Waals surface area contributed by atoms with Crippen LogP contribution >= 0.6 is 0 Å². The molecule has 136 valence electrons. The second kappa shape index (κ2) is 9.84. The molecule has 0 bridgehead atoms. The summed E-state index contributed by atoms with van der Waals surface area (Å²) in [7, 11) is 0. The van der Waals surface area contributed by atoms with E-state index in [9.17, 15) is 9.90 Å². The minimum atomic E-state index is -0.455. The Morgan fingerprint density at radius 3 is 2.83 bits per heavy atom. The van der Waals surface area contributed by atoms with E-state index in [-0.39, 0.29) is 30.8 Å². The van der Waals surface area contributed by atoms with Gasteiger partial charge in [0.2, 0.25) is 12.0 Å². The molecule has 5 heteroatoms. The van der Waals surface area contributed by atoms with Gasteiger partial charge >= 0.3 is 5.97 Å². The molecule has 0 unspecified atom stereocenters. The summed E-state index contributed by atoms with van der Waals surface area (Å²) in [6, 6.07) is 0. The van der Waals surface area contributed by atoms with Gasteiger partial charge in [-0.15, -0.1) is 0 Å². The van der Waals surface area contributed by atoms with Gasteiger partial charge in [0.15, 0.2) is 0 Å². The van der Waals surface area contributed by atoms with Crippen LogP contribution in [0.4, 0.5) is 0 Å². The fourth-order valence-corrected chi connectivity index (χ4v) is 3.86. The standard InChI is InChI=1S/C19H30O5/c1-3-12-23-18(21)17-13-16(14-8-5-6-9-14)15(10-7-11-20)19(24-17)22-4-2/h3,13-16,19-20H,1,4-12H2,2H3/t15-,16+,19+/m1/s1. The van der Waals surface area contributed by atoms with Crippen molar-refractivity contribution in [2.45, 2.75) is 51.7 Å². The molecule has 1 aliphatic carbocycles. The third-order valence-electron chi connectivity index (χ3n) is 4.94. The van der Waals surface area contributed by atoms with E-state index in [1.807, 2.05) is 13.0 Å². The smallest absolute Gasteiger partial charge is 0.373 e. The van der Waals surface area contributed by atoms with Gasteiger partial charge in [-0.05, 0) is 50.5 Å². The average molecular weight is 338 g/mol. The van der Waals surface area contributed by atoms with Crippen molar-refractivity contribution in [3.8, 4) is 0 Å². The molecule has 24 heavy (non-hydrogen) atoms. The normalized spacial score (nSPS) is 27.4. The van der Waals surface area contributed by atoms with E-state index in [0.717, 1.165) is 6.42 Å². The molecule has 0 aromatic carbocycles. The second-order valence-corrected chi connectivity index (χ2v) is 6.51. The number of aliphatic hydroxyl groups is 1. The molecule has 0 amide bonds. The van der Waals surface area contributed by atoms with E-state index >= 15 is 0 Å². The van der Waals surface area contributed by atoms with Gasteiger partial charge < -0.3 is 19.3 Å². The van der Waals surface area contributed by atoms with Crippen LogP contribution in [-0.4, -0.2) is 37.2 Å². The van der Waals surface area contributed by atoms with E-state index < -0.39 is 12.3 Å². The Morgan fingerprint density at radius 2 is 2.21 bits per heavy atom. The number of hydrogen-bond donors (Lipinski definition) is 1. The van der Waals surface area contributed by atoms with Crippen LogP contribution in [0.3, 0.4) is 0 Å². The first-order valence-corrected chi connectivity index (χ1v) is 9.10. The van der Waals surface area contributed by atoms with Crippen molar-refractivity contribution in [1.29, 1.82) is 0 Å². The van der Waals surface area contributed by atoms with Gasteiger partial charge in [-0.3, -0.25) is 0 Å². The maximum absolute atomic E-state index is 12.2. The highest BCUT2D eigenvalue weighted by Gasteiger charge is 2.41. The number of hydrogen-bond acceptors (Lipinski definition) is 5. The number of carbonyl (C=O) groups excluding carboxylic acids is 1. The summed E-state index contributed by atoms with van der Waals surface area (Å²) in [5, 5.41) is 9.22. The van der Waals surface area contributed by atoms with E-state index in [1.165, 1.54) is 25.7 Å². The zero-order valence-electron chi connectivity index (χ0n) is 14.6. The van der Waals surface area contributed by atoms with Crippen molar-refractivity contribution in [2.24, 2.45) is 17.8 Å². The van der Waals surface area contributed by atoms with E-state index in [2.05, 4.69) is 6.58 Å². The predicted octanol–water partition coefficient (Wildman–Crippen LogP) is 3.19. The van der Waals surface area contributed by atoms with Crippen molar-refractivity contribution in [1.82, 2.24) is 0 Å². The summed E-state index contributed by atoms with van der Waals surface area (Å²) in [6.45, 7) is 6.33. The molecule has 1 saturated carbocycles. The van der Waals surface area contributed by atoms with E-state index in [4.69, 9.17) is 14.2 Å². The highest BCUT2D eigenvalue weighted by Crippen LogP contribution is 2.43. The summed E-state index contributed by atoms with van der Waals surface area (Å²) in [5.74, 6) is 0.741. The maximum Gasteiger partial charge on any atom is 0.373 e. The number of rotatable bonds is 9. The molecule has 0 aromatic heterocycles. The topological polar surface area (TPSA) is 65.0 Å². The van der Waals surface area contributed by atoms with Crippen molar-refractivity contribution >= 4 is 5.97 Å². The molecule has 3 atom stereocenters. The summed E-state index contributed by atoms with van der Waals surface area (Å²) < 4.78 is 16.8. The van der Waals surface area contributed by atoms with Crippen LogP contribution in [0, 0.1) is 17.8 Å². The Morgan fingerprint density at radius 1 is 1.46 bits per heavy atom. The van der Waals surface area contributed by atoms with E-state index in [1.54, 1.807) is 6.08 Å². The molecule has 1 aliphatic heterocycles. The highest BCUT2D eigenvalue weighted by molar-refractivity contribution is 5.86. The molecule has 0 aromatic rings. The van der Waals surface area contributed by atoms with Crippen molar-refractivity contribution in [2.75, 3.05) is 19.8 Å². The monoisotopic (exact) mass is 338 g/mol. The van der Waals surface area contributed by atoms with Gasteiger partial charge in [0.05, 0.1) is 0 Å². The van der Waals surface area contributed by atoms with E-state index in [0.29, 0.717) is 18.9 Å². The lowest BCUT2D eigenvalue weighted by atomic mass is 9.76. The molecule has 0 radical (unpaired) electrons. The lowest BCUT2D eigenvalue weighted by Crippen LogP contribution is -2.40. The zero-order valence-corrected chi connectivity index (χ0v) is 14.6. The third kappa shape index (κ3) is 4.84. The number of esters is 1. The average Bonchev–Trinajstić information content (AvgIpc) is 3.12. The van der Waals surface area contributed by atoms with Crippen LogP contribution in [0.25, 0.3) is 0 Å². The summed E-state index contributed by atoms with van der Waals surface area (Å²) >= 11 is 0. The molecule has 1 heterocycles. The summed E-state index contributed by atoms with van der Waals surface area (Å²) in [5.41, 5.74) is 0. The molecular weight excluding hydrogens is 308 g/mol. The first-order valence-electron chi connectivity index (χ1n) is 9.10. The van der Waals surface area contributed by atoms with Gasteiger partial charge in [0.25, 0.3) is 0 Å². The molecule has 1 N–H and O–H groups in total. The van der Waals surface area contributed by atoms with Crippen LogP contribution < -0.4 is 0 Å². The van der Waals surface area contributed by atoms with Gasteiger partial charge in [-0.1, -0.05) is 25.5 Å². The van der Waals surface area contributed by atoms with Crippen LogP contribution in [0.15, 0.2) is 24.5 Å². The van der Waals surface area contributed by atoms with Gasteiger partial charge in [-0.2, -0.15) is 0 Å². The lowest BCUT2D eigenvalue weighted by molar-refractivity contribution is -0.183. The Bertz CT molecular complexity index is 439. The van der Waals surface area contributed by atoms with Gasteiger partial charge in [0, 0.05) is 19.1 Å². The molecule has 0 spiro atoms. The lowest BCUT2D eigenvalue weighted by Gasteiger charge is -2.39. The minimum absolute atomic E-state index is 0.157. The molecule has 1 fully saturated rings. The SMILES string of the molecule is C=CCOC(=O)C1=C[C@@H](C2CCCC2)[C@@H](CCCO)[C@@H](OCC)O1.